The molecule has 0 spiro atoms. The SMILES string of the molecule is CNCCNC(=O)c1ccc(SC(F)F)cc1. The van der Waals surface area contributed by atoms with Crippen LogP contribution in [-0.2, 0) is 0 Å². The minimum atomic E-state index is -2.44. The number of rotatable bonds is 6. The molecule has 1 aromatic rings. The fraction of sp³-hybridized carbons (Fsp3) is 0.364. The van der Waals surface area contributed by atoms with Crippen LogP contribution in [-0.4, -0.2) is 31.8 Å². The number of hydrogen-bond acceptors (Lipinski definition) is 3. The molecule has 1 amide bonds. The Bertz CT molecular complexity index is 357. The van der Waals surface area contributed by atoms with Gasteiger partial charge in [0.1, 0.15) is 0 Å². The highest BCUT2D eigenvalue weighted by atomic mass is 32.2. The molecule has 0 radical (unpaired) electrons. The summed E-state index contributed by atoms with van der Waals surface area (Å²) in [6.45, 7) is 1.22. The second-order valence-electron chi connectivity index (χ2n) is 3.26. The maximum atomic E-state index is 12.1. The highest BCUT2D eigenvalue weighted by Gasteiger charge is 2.07. The van der Waals surface area contributed by atoms with E-state index < -0.39 is 5.76 Å². The Kier molecular flexibility index (Phi) is 5.93. The number of amides is 1. The van der Waals surface area contributed by atoms with Crippen LogP contribution in [0.2, 0.25) is 0 Å². The van der Waals surface area contributed by atoms with Crippen molar-refractivity contribution >= 4 is 17.7 Å². The average molecular weight is 260 g/mol. The first kappa shape index (κ1) is 13.9. The van der Waals surface area contributed by atoms with Crippen LogP contribution in [0, 0.1) is 0 Å². The van der Waals surface area contributed by atoms with E-state index in [1.807, 2.05) is 0 Å². The molecule has 0 aliphatic heterocycles. The molecule has 0 aromatic heterocycles. The van der Waals surface area contributed by atoms with Crippen molar-refractivity contribution in [2.45, 2.75) is 10.7 Å². The predicted molar refractivity (Wildman–Crippen MR) is 64.6 cm³/mol. The zero-order valence-corrected chi connectivity index (χ0v) is 10.2. The van der Waals surface area contributed by atoms with Crippen LogP contribution in [0.5, 0.6) is 0 Å². The van der Waals surface area contributed by atoms with Gasteiger partial charge < -0.3 is 10.6 Å². The predicted octanol–water partition coefficient (Wildman–Crippen LogP) is 1.95. The van der Waals surface area contributed by atoms with Gasteiger partial charge in [-0.05, 0) is 31.3 Å². The number of thioether (sulfide) groups is 1. The molecule has 0 unspecified atom stereocenters. The highest BCUT2D eigenvalue weighted by molar-refractivity contribution is 7.99. The summed E-state index contributed by atoms with van der Waals surface area (Å²) in [4.78, 5) is 12.0. The molecule has 0 saturated carbocycles. The van der Waals surface area contributed by atoms with E-state index >= 15 is 0 Å². The molecule has 0 atom stereocenters. The number of halogens is 2. The Hall–Kier alpha value is -1.14. The topological polar surface area (TPSA) is 41.1 Å². The maximum Gasteiger partial charge on any atom is 0.288 e. The summed E-state index contributed by atoms with van der Waals surface area (Å²) < 4.78 is 24.1. The Morgan fingerprint density at radius 3 is 2.47 bits per heavy atom. The van der Waals surface area contributed by atoms with Gasteiger partial charge in [-0.25, -0.2) is 0 Å². The molecule has 17 heavy (non-hydrogen) atoms. The molecule has 3 nitrogen and oxygen atoms in total. The standard InChI is InChI=1S/C11H14F2N2OS/c1-14-6-7-15-10(16)8-2-4-9(5-3-8)17-11(12)13/h2-5,11,14H,6-7H2,1H3,(H,15,16). The van der Waals surface area contributed by atoms with Crippen molar-refractivity contribution in [1.82, 2.24) is 10.6 Å². The van der Waals surface area contributed by atoms with Gasteiger partial charge in [0.2, 0.25) is 0 Å². The molecule has 94 valence electrons. The minimum Gasteiger partial charge on any atom is -0.351 e. The van der Waals surface area contributed by atoms with E-state index in [4.69, 9.17) is 0 Å². The van der Waals surface area contributed by atoms with E-state index in [0.717, 1.165) is 0 Å². The lowest BCUT2D eigenvalue weighted by Crippen LogP contribution is -2.30. The van der Waals surface area contributed by atoms with E-state index in [-0.39, 0.29) is 5.91 Å². The van der Waals surface area contributed by atoms with Gasteiger partial charge in [0.15, 0.2) is 0 Å². The molecule has 1 rings (SSSR count). The van der Waals surface area contributed by atoms with E-state index in [1.165, 1.54) is 12.1 Å². The van der Waals surface area contributed by atoms with Crippen LogP contribution in [0.15, 0.2) is 29.2 Å². The maximum absolute atomic E-state index is 12.1. The molecule has 0 heterocycles. The normalized spacial score (nSPS) is 10.6. The first-order chi connectivity index (χ1) is 8.13. The third kappa shape index (κ3) is 5.14. The Balaban J connectivity index is 2.52. The van der Waals surface area contributed by atoms with Crippen molar-refractivity contribution in [3.05, 3.63) is 29.8 Å². The first-order valence-electron chi connectivity index (χ1n) is 5.11. The fourth-order valence-corrected chi connectivity index (χ4v) is 1.69. The van der Waals surface area contributed by atoms with Gasteiger partial charge in [0.25, 0.3) is 11.7 Å². The summed E-state index contributed by atoms with van der Waals surface area (Å²) in [5.41, 5.74) is 0.472. The zero-order valence-electron chi connectivity index (χ0n) is 9.37. The number of alkyl halides is 2. The van der Waals surface area contributed by atoms with Crippen LogP contribution < -0.4 is 10.6 Å². The van der Waals surface area contributed by atoms with E-state index in [9.17, 15) is 13.6 Å². The lowest BCUT2D eigenvalue weighted by atomic mass is 10.2. The molecule has 0 bridgehead atoms. The van der Waals surface area contributed by atoms with Crippen LogP contribution in [0.25, 0.3) is 0 Å². The summed E-state index contributed by atoms with van der Waals surface area (Å²) in [6, 6.07) is 6.12. The van der Waals surface area contributed by atoms with Crippen LogP contribution in [0.4, 0.5) is 8.78 Å². The van der Waals surface area contributed by atoms with Crippen molar-refractivity contribution < 1.29 is 13.6 Å². The van der Waals surface area contributed by atoms with Gasteiger partial charge in [-0.1, -0.05) is 11.8 Å². The van der Waals surface area contributed by atoms with Gasteiger partial charge in [0, 0.05) is 23.5 Å². The summed E-state index contributed by atoms with van der Waals surface area (Å²) in [5.74, 6) is -2.64. The van der Waals surface area contributed by atoms with E-state index in [1.54, 1.807) is 19.2 Å². The summed E-state index contributed by atoms with van der Waals surface area (Å²) >= 11 is 0.465. The molecule has 0 saturated heterocycles. The van der Waals surface area contributed by atoms with Gasteiger partial charge in [-0.15, -0.1) is 0 Å². The molecular weight excluding hydrogens is 246 g/mol. The quantitative estimate of drug-likeness (QED) is 0.607. The lowest BCUT2D eigenvalue weighted by Gasteiger charge is -2.05. The minimum absolute atomic E-state index is 0.200. The van der Waals surface area contributed by atoms with E-state index in [0.29, 0.717) is 35.3 Å². The third-order valence-corrected chi connectivity index (χ3v) is 2.72. The molecule has 6 heteroatoms. The first-order valence-corrected chi connectivity index (χ1v) is 5.99. The molecule has 0 aliphatic carbocycles. The summed E-state index contributed by atoms with van der Waals surface area (Å²) in [5, 5.41) is 5.61. The van der Waals surface area contributed by atoms with E-state index in [2.05, 4.69) is 10.6 Å². The van der Waals surface area contributed by atoms with Crippen molar-refractivity contribution in [3.63, 3.8) is 0 Å². The van der Waals surface area contributed by atoms with Crippen LogP contribution in [0.1, 0.15) is 10.4 Å². The van der Waals surface area contributed by atoms with Crippen molar-refractivity contribution in [1.29, 1.82) is 0 Å². The van der Waals surface area contributed by atoms with Crippen molar-refractivity contribution in [2.24, 2.45) is 0 Å². The molecule has 0 fully saturated rings. The number of carbonyl (C=O) groups is 1. The smallest absolute Gasteiger partial charge is 0.288 e. The van der Waals surface area contributed by atoms with Crippen molar-refractivity contribution in [3.8, 4) is 0 Å². The Labute approximate surface area is 103 Å². The highest BCUT2D eigenvalue weighted by Crippen LogP contribution is 2.24. The molecule has 2 N–H and O–H groups in total. The van der Waals surface area contributed by atoms with Crippen LogP contribution >= 0.6 is 11.8 Å². The van der Waals surface area contributed by atoms with Gasteiger partial charge in [0.05, 0.1) is 0 Å². The number of carbonyl (C=O) groups excluding carboxylic acids is 1. The molecule has 1 aromatic carbocycles. The largest absolute Gasteiger partial charge is 0.351 e. The van der Waals surface area contributed by atoms with Gasteiger partial charge in [-0.2, -0.15) is 8.78 Å². The number of hydrogen-bond donors (Lipinski definition) is 2. The average Bonchev–Trinajstić information content (AvgIpc) is 2.29. The fourth-order valence-electron chi connectivity index (χ4n) is 1.19. The Morgan fingerprint density at radius 1 is 1.29 bits per heavy atom. The van der Waals surface area contributed by atoms with Crippen LogP contribution in [0.3, 0.4) is 0 Å². The lowest BCUT2D eigenvalue weighted by molar-refractivity contribution is 0.0954. The second kappa shape index (κ2) is 7.24. The molecule has 0 aliphatic rings. The number of nitrogens with one attached hydrogen (secondary N) is 2. The van der Waals surface area contributed by atoms with Gasteiger partial charge in [-0.3, -0.25) is 4.79 Å². The zero-order chi connectivity index (χ0) is 12.7. The Morgan fingerprint density at radius 2 is 1.94 bits per heavy atom. The number of benzene rings is 1. The summed E-state index contributed by atoms with van der Waals surface area (Å²) in [6.07, 6.45) is 0. The monoisotopic (exact) mass is 260 g/mol. The number of likely N-dealkylation sites (N-methyl/N-ethyl adjacent to an activating group) is 1. The third-order valence-electron chi connectivity index (χ3n) is 2.00. The van der Waals surface area contributed by atoms with Gasteiger partial charge >= 0.3 is 0 Å². The van der Waals surface area contributed by atoms with Crippen molar-refractivity contribution in [2.75, 3.05) is 20.1 Å². The molecular formula is C11H14F2N2OS. The second-order valence-corrected chi connectivity index (χ2v) is 4.33. The summed E-state index contributed by atoms with van der Waals surface area (Å²) in [7, 11) is 1.79.